The molecule has 0 aromatic rings. The highest BCUT2D eigenvalue weighted by Gasteiger charge is 1.93. The zero-order valence-electron chi connectivity index (χ0n) is 9.77. The van der Waals surface area contributed by atoms with Crippen molar-refractivity contribution in [2.24, 2.45) is 0 Å². The summed E-state index contributed by atoms with van der Waals surface area (Å²) in [5.41, 5.74) is 0. The summed E-state index contributed by atoms with van der Waals surface area (Å²) in [5, 5.41) is 55.4. The van der Waals surface area contributed by atoms with Crippen LogP contribution in [0.5, 0.6) is 0 Å². The molecule has 0 aliphatic carbocycles. The summed E-state index contributed by atoms with van der Waals surface area (Å²) >= 11 is 0. The maximum absolute atomic E-state index is 8.17. The molecule has 0 radical (unpaired) electrons. The molecule has 7 N–H and O–H groups in total. The fourth-order valence-corrected chi connectivity index (χ4v) is 0.289. The lowest BCUT2D eigenvalue weighted by Gasteiger charge is -1.96. The zero-order chi connectivity index (χ0) is 13.9. The van der Waals surface area contributed by atoms with E-state index in [9.17, 15) is 0 Å². The van der Waals surface area contributed by atoms with Crippen molar-refractivity contribution in [3.8, 4) is 0 Å². The summed E-state index contributed by atoms with van der Waals surface area (Å²) < 4.78 is 4.63. The Hall–Kier alpha value is -0.320. The van der Waals surface area contributed by atoms with Gasteiger partial charge >= 0.3 is 0 Å². The maximum atomic E-state index is 8.17. The molecule has 0 fully saturated rings. The molecule has 0 rings (SSSR count). The van der Waals surface area contributed by atoms with Crippen molar-refractivity contribution in [3.05, 3.63) is 0 Å². The summed E-state index contributed by atoms with van der Waals surface area (Å²) in [4.78, 5) is 0. The molecule has 0 aliphatic heterocycles. The van der Waals surface area contributed by atoms with Crippen LogP contribution in [0.2, 0.25) is 0 Å². The van der Waals surface area contributed by atoms with E-state index >= 15 is 0 Å². The van der Waals surface area contributed by atoms with Crippen LogP contribution in [0.3, 0.4) is 0 Å². The van der Waals surface area contributed by atoms with Gasteiger partial charge in [0.1, 0.15) is 6.10 Å². The molecular formula is C9H24O8. The van der Waals surface area contributed by atoms with Gasteiger partial charge in [0.05, 0.1) is 52.9 Å². The molecule has 0 unspecified atom stereocenters. The lowest BCUT2D eigenvalue weighted by molar-refractivity contribution is 0.0450. The largest absolute Gasteiger partial charge is 0.394 e. The van der Waals surface area contributed by atoms with Gasteiger partial charge in [0.2, 0.25) is 0 Å². The van der Waals surface area contributed by atoms with Gasteiger partial charge in [-0.2, -0.15) is 0 Å². The predicted molar refractivity (Wildman–Crippen MR) is 59.3 cm³/mol. The van der Waals surface area contributed by atoms with Crippen molar-refractivity contribution in [1.82, 2.24) is 0 Å². The third-order valence-corrected chi connectivity index (χ3v) is 0.993. The number of ether oxygens (including phenoxy) is 1. The second kappa shape index (κ2) is 24.8. The third kappa shape index (κ3) is 38.9. The highest BCUT2D eigenvalue weighted by atomic mass is 16.5. The molecule has 0 saturated carbocycles. The van der Waals surface area contributed by atoms with E-state index in [1.807, 2.05) is 0 Å². The van der Waals surface area contributed by atoms with E-state index in [-0.39, 0.29) is 39.6 Å². The predicted octanol–water partition coefficient (Wildman–Crippen LogP) is -3.71. The monoisotopic (exact) mass is 260 g/mol. The Morgan fingerprint density at radius 3 is 1.12 bits per heavy atom. The van der Waals surface area contributed by atoms with Crippen LogP contribution < -0.4 is 0 Å². The Morgan fingerprint density at radius 1 is 0.647 bits per heavy atom. The van der Waals surface area contributed by atoms with Crippen molar-refractivity contribution >= 4 is 0 Å². The van der Waals surface area contributed by atoms with E-state index in [1.54, 1.807) is 0 Å². The quantitative estimate of drug-likeness (QED) is 0.231. The molecule has 0 aromatic carbocycles. The number of aliphatic hydroxyl groups is 7. The van der Waals surface area contributed by atoms with Crippen molar-refractivity contribution in [1.29, 1.82) is 0 Å². The molecule has 0 aliphatic rings. The van der Waals surface area contributed by atoms with Crippen LogP contribution in [-0.2, 0) is 4.74 Å². The minimum atomic E-state index is -0.954. The van der Waals surface area contributed by atoms with Gasteiger partial charge in [0, 0.05) is 0 Å². The first kappa shape index (κ1) is 21.9. The number of aliphatic hydroxyl groups excluding tert-OH is 7. The second-order valence-corrected chi connectivity index (χ2v) is 2.53. The summed E-state index contributed by atoms with van der Waals surface area (Å²) in [7, 11) is 0. The highest BCUT2D eigenvalue weighted by Crippen LogP contribution is 1.71. The van der Waals surface area contributed by atoms with Gasteiger partial charge in [-0.05, 0) is 0 Å². The molecule has 0 spiro atoms. The van der Waals surface area contributed by atoms with Crippen LogP contribution in [0.25, 0.3) is 0 Å². The first-order valence-corrected chi connectivity index (χ1v) is 5.05. The molecule has 0 heterocycles. The van der Waals surface area contributed by atoms with Crippen molar-refractivity contribution in [3.63, 3.8) is 0 Å². The standard InChI is InChI=1S/C4H10O3.C3H8O3.C2H6O2/c5-1-3-7-4-2-6;4-1-3(6)2-5;3-1-2-4/h5-6H,1-4H2;3-6H,1-2H2;3-4H,1-2H2. The Bertz CT molecular complexity index is 93.0. The summed E-state index contributed by atoms with van der Waals surface area (Å²) in [6, 6.07) is 0. The maximum Gasteiger partial charge on any atom is 0.100 e. The molecule has 8 heteroatoms. The van der Waals surface area contributed by atoms with Crippen LogP contribution in [0.4, 0.5) is 0 Å². The third-order valence-electron chi connectivity index (χ3n) is 0.993. The van der Waals surface area contributed by atoms with Gasteiger partial charge in [-0.3, -0.25) is 0 Å². The van der Waals surface area contributed by atoms with E-state index in [2.05, 4.69) is 4.74 Å². The molecule has 17 heavy (non-hydrogen) atoms. The van der Waals surface area contributed by atoms with E-state index in [0.717, 1.165) is 0 Å². The average molecular weight is 260 g/mol. The summed E-state index contributed by atoms with van der Waals surface area (Å²) in [6.07, 6.45) is -0.954. The Morgan fingerprint density at radius 2 is 1.00 bits per heavy atom. The van der Waals surface area contributed by atoms with Gasteiger partial charge in [0.25, 0.3) is 0 Å². The fraction of sp³-hybridized carbons (Fsp3) is 1.00. The second-order valence-electron chi connectivity index (χ2n) is 2.53. The van der Waals surface area contributed by atoms with E-state index < -0.39 is 6.10 Å². The Balaban J connectivity index is -0.000000180. The van der Waals surface area contributed by atoms with Crippen LogP contribution in [-0.4, -0.2) is 94.7 Å². The first-order valence-electron chi connectivity index (χ1n) is 5.05. The molecule has 0 atom stereocenters. The molecule has 0 saturated heterocycles. The van der Waals surface area contributed by atoms with Crippen LogP contribution >= 0.6 is 0 Å². The fourth-order valence-electron chi connectivity index (χ4n) is 0.289. The smallest absolute Gasteiger partial charge is 0.100 e. The summed E-state index contributed by atoms with van der Waals surface area (Å²) in [5.74, 6) is 0. The van der Waals surface area contributed by atoms with Crippen LogP contribution in [0.1, 0.15) is 0 Å². The highest BCUT2D eigenvalue weighted by molar-refractivity contribution is 4.44. The topological polar surface area (TPSA) is 151 Å². The molecular weight excluding hydrogens is 236 g/mol. The van der Waals surface area contributed by atoms with Gasteiger partial charge in [-0.15, -0.1) is 0 Å². The molecule has 0 amide bonds. The minimum absolute atomic E-state index is 0.0278. The average Bonchev–Trinajstić information content (AvgIpc) is 2.39. The number of rotatable bonds is 7. The Kier molecular flexibility index (Phi) is 31.9. The van der Waals surface area contributed by atoms with E-state index in [1.165, 1.54) is 0 Å². The van der Waals surface area contributed by atoms with Crippen molar-refractivity contribution < 1.29 is 40.5 Å². The molecule has 0 bridgehead atoms. The van der Waals surface area contributed by atoms with Crippen LogP contribution in [0.15, 0.2) is 0 Å². The summed E-state index contributed by atoms with van der Waals surface area (Å²) in [6.45, 7) is -0.284. The molecule has 8 nitrogen and oxygen atoms in total. The van der Waals surface area contributed by atoms with E-state index in [0.29, 0.717) is 13.2 Å². The number of hydrogen-bond acceptors (Lipinski definition) is 8. The van der Waals surface area contributed by atoms with Gasteiger partial charge < -0.3 is 40.5 Å². The van der Waals surface area contributed by atoms with Gasteiger partial charge in [-0.1, -0.05) is 0 Å². The molecule has 108 valence electrons. The number of hydrogen-bond donors (Lipinski definition) is 7. The van der Waals surface area contributed by atoms with Gasteiger partial charge in [0.15, 0.2) is 0 Å². The van der Waals surface area contributed by atoms with Gasteiger partial charge in [-0.25, -0.2) is 0 Å². The minimum Gasteiger partial charge on any atom is -0.394 e. The van der Waals surface area contributed by atoms with Crippen LogP contribution in [0, 0.1) is 0 Å². The Labute approximate surface area is 100 Å². The van der Waals surface area contributed by atoms with Crippen molar-refractivity contribution in [2.75, 3.05) is 52.9 Å². The normalized spacial score (nSPS) is 9.18. The first-order chi connectivity index (χ1) is 8.14. The van der Waals surface area contributed by atoms with E-state index in [4.69, 9.17) is 35.7 Å². The lowest BCUT2D eigenvalue weighted by Crippen LogP contribution is -2.15. The SMILES string of the molecule is OCC(O)CO.OCCO.OCCOCCO. The van der Waals surface area contributed by atoms with Crippen molar-refractivity contribution in [2.45, 2.75) is 6.10 Å². The lowest BCUT2D eigenvalue weighted by atomic mass is 10.4. The zero-order valence-corrected chi connectivity index (χ0v) is 9.77. The molecule has 0 aromatic heterocycles.